The summed E-state index contributed by atoms with van der Waals surface area (Å²) in [5, 5.41) is 28.0. The summed E-state index contributed by atoms with van der Waals surface area (Å²) < 4.78 is 26.3. The molecule has 4 aliphatic heterocycles. The zero-order chi connectivity index (χ0) is 23.8. The molecule has 0 radical (unpaired) electrons. The minimum Gasteiger partial charge on any atom is -0.394 e. The Morgan fingerprint density at radius 3 is 1.69 bits per heavy atom. The van der Waals surface area contributed by atoms with Gasteiger partial charge in [0.2, 0.25) is 0 Å². The monoisotopic (exact) mass is 456 g/mol. The van der Waals surface area contributed by atoms with Crippen LogP contribution in [0.3, 0.4) is 0 Å². The summed E-state index contributed by atoms with van der Waals surface area (Å²) in [6.07, 6.45) is -0.0957. The van der Waals surface area contributed by atoms with Crippen molar-refractivity contribution in [3.8, 4) is 0 Å². The molecule has 4 fully saturated rings. The van der Waals surface area contributed by atoms with Crippen LogP contribution < -0.4 is 10.6 Å². The van der Waals surface area contributed by atoms with Crippen LogP contribution in [0.5, 0.6) is 0 Å². The molecule has 8 nitrogen and oxygen atoms in total. The number of rotatable bonds is 2. The maximum Gasteiger partial charge on any atom is 0.173 e. The summed E-state index contributed by atoms with van der Waals surface area (Å²) in [5.41, 5.74) is -0.797. The third kappa shape index (κ3) is 4.89. The fourth-order valence-electron chi connectivity index (χ4n) is 7.27. The second-order valence-corrected chi connectivity index (χ2v) is 13.2. The van der Waals surface area contributed by atoms with Gasteiger partial charge in [-0.25, -0.2) is 0 Å². The van der Waals surface area contributed by atoms with Crippen molar-refractivity contribution in [3.63, 3.8) is 0 Å². The fourth-order valence-corrected chi connectivity index (χ4v) is 7.27. The maximum atomic E-state index is 10.8. The summed E-state index contributed by atoms with van der Waals surface area (Å²) in [6, 6.07) is 0. The molecule has 2 spiro atoms. The van der Waals surface area contributed by atoms with Crippen molar-refractivity contribution in [2.45, 2.75) is 139 Å². The minimum atomic E-state index is -1.07. The second kappa shape index (κ2) is 7.59. The van der Waals surface area contributed by atoms with E-state index in [-0.39, 0.29) is 28.3 Å². The van der Waals surface area contributed by atoms with Crippen molar-refractivity contribution in [1.82, 2.24) is 10.6 Å². The highest BCUT2D eigenvalue weighted by Crippen LogP contribution is 2.49. The molecule has 8 heteroatoms. The van der Waals surface area contributed by atoms with Gasteiger partial charge in [-0.2, -0.15) is 0 Å². The zero-order valence-corrected chi connectivity index (χ0v) is 21.1. The highest BCUT2D eigenvalue weighted by molar-refractivity contribution is 5.08. The molecule has 4 saturated heterocycles. The van der Waals surface area contributed by atoms with Gasteiger partial charge in [-0.1, -0.05) is 0 Å². The lowest BCUT2D eigenvalue weighted by molar-refractivity contribution is -0.443. The third-order valence-electron chi connectivity index (χ3n) is 7.03. The van der Waals surface area contributed by atoms with Gasteiger partial charge in [0.25, 0.3) is 0 Å². The van der Waals surface area contributed by atoms with Gasteiger partial charge in [0.15, 0.2) is 11.6 Å². The first-order valence-electron chi connectivity index (χ1n) is 12.0. The molecule has 186 valence electrons. The van der Waals surface area contributed by atoms with Crippen LogP contribution in [0, 0.1) is 0 Å². The maximum absolute atomic E-state index is 10.8. The van der Waals surface area contributed by atoms with Crippen LogP contribution in [0.25, 0.3) is 0 Å². The fraction of sp³-hybridized carbons (Fsp3) is 1.00. The lowest BCUT2D eigenvalue weighted by atomic mass is 9.76. The Morgan fingerprint density at radius 1 is 0.750 bits per heavy atom. The predicted molar refractivity (Wildman–Crippen MR) is 120 cm³/mol. The van der Waals surface area contributed by atoms with Gasteiger partial charge in [-0.3, -0.25) is 0 Å². The Bertz CT molecular complexity index is 687. The first-order chi connectivity index (χ1) is 14.5. The number of piperidine rings is 2. The topological polar surface area (TPSA) is 101 Å². The first kappa shape index (κ1) is 24.8. The molecule has 0 aromatic heterocycles. The number of ether oxygens (including phenoxy) is 4. The van der Waals surface area contributed by atoms with Crippen LogP contribution in [0.4, 0.5) is 0 Å². The van der Waals surface area contributed by atoms with Crippen LogP contribution >= 0.6 is 0 Å². The molecule has 0 amide bonds. The van der Waals surface area contributed by atoms with Crippen molar-refractivity contribution >= 4 is 0 Å². The second-order valence-electron chi connectivity index (χ2n) is 13.2. The zero-order valence-electron chi connectivity index (χ0n) is 21.1. The minimum absolute atomic E-state index is 0.180. The number of nitrogens with one attached hydrogen (secondary N) is 2. The van der Waals surface area contributed by atoms with Crippen molar-refractivity contribution in [3.05, 3.63) is 0 Å². The molecular weight excluding hydrogens is 412 g/mol. The highest BCUT2D eigenvalue weighted by atomic mass is 16.8. The number of fused-ring (bicyclic) bond motifs is 1. The van der Waals surface area contributed by atoms with E-state index in [9.17, 15) is 10.2 Å². The Balaban J connectivity index is 1.64. The van der Waals surface area contributed by atoms with E-state index in [1.54, 1.807) is 0 Å². The van der Waals surface area contributed by atoms with Gasteiger partial charge in [0.1, 0.15) is 24.4 Å². The van der Waals surface area contributed by atoms with E-state index in [0.717, 1.165) is 0 Å². The van der Waals surface area contributed by atoms with Gasteiger partial charge >= 0.3 is 0 Å². The quantitative estimate of drug-likeness (QED) is 0.499. The molecule has 4 N–H and O–H groups in total. The van der Waals surface area contributed by atoms with Crippen molar-refractivity contribution in [2.24, 2.45) is 0 Å². The summed E-state index contributed by atoms with van der Waals surface area (Å²) in [5.74, 6) is -1.68. The van der Waals surface area contributed by atoms with E-state index in [0.29, 0.717) is 32.3 Å². The smallest absolute Gasteiger partial charge is 0.173 e. The number of aliphatic hydroxyl groups excluding tert-OH is 2. The lowest BCUT2D eigenvalue weighted by Crippen LogP contribution is -2.74. The van der Waals surface area contributed by atoms with Gasteiger partial charge in [0, 0.05) is 47.8 Å². The molecule has 0 aromatic rings. The van der Waals surface area contributed by atoms with Gasteiger partial charge in [-0.15, -0.1) is 0 Å². The summed E-state index contributed by atoms with van der Waals surface area (Å²) in [4.78, 5) is 0. The van der Waals surface area contributed by atoms with E-state index in [1.165, 1.54) is 0 Å². The van der Waals surface area contributed by atoms with Gasteiger partial charge < -0.3 is 39.8 Å². The predicted octanol–water partition coefficient (Wildman–Crippen LogP) is 1.81. The van der Waals surface area contributed by atoms with Crippen LogP contribution in [-0.2, 0) is 18.9 Å². The summed E-state index contributed by atoms with van der Waals surface area (Å²) in [6.45, 7) is 17.1. The molecule has 0 bridgehead atoms. The Kier molecular flexibility index (Phi) is 5.88. The van der Waals surface area contributed by atoms with Crippen molar-refractivity contribution in [1.29, 1.82) is 0 Å². The highest BCUT2D eigenvalue weighted by Gasteiger charge is 2.61. The van der Waals surface area contributed by atoms with Gasteiger partial charge in [-0.05, 0) is 55.4 Å². The average Bonchev–Trinajstić information content (AvgIpc) is 2.55. The van der Waals surface area contributed by atoms with E-state index in [2.05, 4.69) is 66.0 Å². The molecule has 0 saturated carbocycles. The number of hydrogen-bond donors (Lipinski definition) is 4. The van der Waals surface area contributed by atoms with Crippen molar-refractivity contribution < 1.29 is 29.2 Å². The third-order valence-corrected chi connectivity index (χ3v) is 7.03. The van der Waals surface area contributed by atoms with E-state index in [4.69, 9.17) is 18.9 Å². The molecule has 4 unspecified atom stereocenters. The van der Waals surface area contributed by atoms with E-state index < -0.39 is 36.5 Å². The normalized spacial score (nSPS) is 39.4. The van der Waals surface area contributed by atoms with Crippen LogP contribution in [0.15, 0.2) is 0 Å². The average molecular weight is 457 g/mol. The molecule has 0 aliphatic carbocycles. The lowest BCUT2D eigenvalue weighted by Gasteiger charge is -2.61. The van der Waals surface area contributed by atoms with Crippen LogP contribution in [0.2, 0.25) is 0 Å². The number of aliphatic hydroxyl groups is 2. The van der Waals surface area contributed by atoms with Crippen LogP contribution in [-0.4, -0.2) is 81.6 Å². The summed E-state index contributed by atoms with van der Waals surface area (Å²) >= 11 is 0. The largest absolute Gasteiger partial charge is 0.394 e. The molecule has 4 atom stereocenters. The Labute approximate surface area is 192 Å². The molecule has 4 rings (SSSR count). The summed E-state index contributed by atoms with van der Waals surface area (Å²) in [7, 11) is 0. The SMILES string of the molecule is CC1(C)CC2(CC(C)(C)N1)OC1COC3(CC(C)(C)NC(C)(C)C3)OC1C(C(O)CO)O2. The molecule has 32 heavy (non-hydrogen) atoms. The van der Waals surface area contributed by atoms with Crippen molar-refractivity contribution in [2.75, 3.05) is 13.2 Å². The van der Waals surface area contributed by atoms with Gasteiger partial charge in [0.05, 0.1) is 13.2 Å². The van der Waals surface area contributed by atoms with Crippen LogP contribution in [0.1, 0.15) is 81.1 Å². The molecule has 4 heterocycles. The Hall–Kier alpha value is -0.320. The first-order valence-corrected chi connectivity index (χ1v) is 12.0. The standard InChI is InChI=1S/C24H44N2O6/c1-19(2)11-23(12-20(3,4)25-19)29-10-16-18(32-23)17(15(28)9-27)31-24(30-16)13-21(5,6)26-22(7,8)14-24/h15-18,25-28H,9-14H2,1-8H3. The molecule has 0 aromatic carbocycles. The number of hydrogen-bond acceptors (Lipinski definition) is 8. The molecule has 4 aliphatic rings. The Morgan fingerprint density at radius 2 is 1.22 bits per heavy atom. The molecular formula is C24H44N2O6. The van der Waals surface area contributed by atoms with E-state index >= 15 is 0 Å². The van der Waals surface area contributed by atoms with E-state index in [1.807, 2.05) is 0 Å².